The van der Waals surface area contributed by atoms with Gasteiger partial charge in [-0.05, 0) is 111 Å². The van der Waals surface area contributed by atoms with Crippen molar-refractivity contribution < 1.29 is 153 Å². The number of fused-ring (bicyclic) bond motifs is 7. The number of allylic oxidation sites excluding steroid dienone is 2. The molecule has 6 saturated heterocycles. The minimum atomic E-state index is -2.00. The van der Waals surface area contributed by atoms with Crippen molar-refractivity contribution >= 4 is 18.2 Å². The molecule has 13 unspecified atom stereocenters. The van der Waals surface area contributed by atoms with Gasteiger partial charge in [-0.3, -0.25) is 9.59 Å². The van der Waals surface area contributed by atoms with E-state index in [1.165, 1.54) is 19.8 Å². The fourth-order valence-electron chi connectivity index (χ4n) is 20.6. The molecule has 6 heterocycles. The summed E-state index contributed by atoms with van der Waals surface area (Å²) >= 11 is 0. The number of aliphatic hydroxyl groups is 16. The average molecular weight is 1530 g/mol. The quantitative estimate of drug-likeness (QED) is 0.0158. The van der Waals surface area contributed by atoms with Crippen LogP contribution in [0.25, 0.3) is 0 Å². The van der Waals surface area contributed by atoms with E-state index < -0.39 is 256 Å². The Bertz CT molecular complexity index is 2990. The molecule has 5 aliphatic carbocycles. The highest BCUT2D eigenvalue weighted by Crippen LogP contribution is 2.76. The zero-order valence-electron chi connectivity index (χ0n) is 62.9. The van der Waals surface area contributed by atoms with Gasteiger partial charge in [0.25, 0.3) is 0 Å². The molecule has 32 heteroatoms. The van der Waals surface area contributed by atoms with Gasteiger partial charge in [-0.1, -0.05) is 111 Å². The second-order valence-corrected chi connectivity index (χ2v) is 34.5. The van der Waals surface area contributed by atoms with Gasteiger partial charge in [0, 0.05) is 6.42 Å². The summed E-state index contributed by atoms with van der Waals surface area (Å²) in [4.78, 5) is 44.1. The van der Waals surface area contributed by atoms with Crippen LogP contribution in [0.2, 0.25) is 0 Å². The molecule has 0 aromatic rings. The van der Waals surface area contributed by atoms with Crippen LogP contribution in [0.4, 0.5) is 0 Å². The number of hydrogen-bond acceptors (Lipinski definition) is 31. The van der Waals surface area contributed by atoms with Crippen LogP contribution in [0.15, 0.2) is 11.6 Å². The van der Waals surface area contributed by atoms with Gasteiger partial charge in [0.15, 0.2) is 37.6 Å². The fraction of sp³-hybridized carbons (Fsp3) is 0.933. The molecule has 0 aromatic carbocycles. The van der Waals surface area contributed by atoms with Crippen LogP contribution in [0, 0.1) is 50.2 Å². The van der Waals surface area contributed by atoms with Gasteiger partial charge in [-0.15, -0.1) is 0 Å². The third-order valence-corrected chi connectivity index (χ3v) is 27.3. The molecule has 11 aliphatic rings. The van der Waals surface area contributed by atoms with Crippen LogP contribution in [0.1, 0.15) is 177 Å². The smallest absolute Gasteiger partial charge is 0.317 e. The number of esters is 1. The largest absolute Gasteiger partial charge is 0.432 e. The molecule has 4 saturated carbocycles. The molecule has 614 valence electrons. The maximum Gasteiger partial charge on any atom is 0.317 e. The monoisotopic (exact) mass is 1530 g/mol. The van der Waals surface area contributed by atoms with Crippen molar-refractivity contribution in [1.82, 2.24) is 5.32 Å². The van der Waals surface area contributed by atoms with E-state index in [1.807, 2.05) is 6.92 Å². The van der Waals surface area contributed by atoms with Crippen molar-refractivity contribution in [2.45, 2.75) is 355 Å². The average Bonchev–Trinajstić information content (AvgIpc) is 0.672. The first-order valence-corrected chi connectivity index (χ1v) is 39.1. The number of nitrogens with one attached hydrogen (secondary N) is 1. The molecule has 6 aliphatic heterocycles. The van der Waals surface area contributed by atoms with Gasteiger partial charge < -0.3 is 149 Å². The SMILES string of the molecule is CCCCCCCCCCCC(=O)N[C@H]1C(CO)O[C@@H](OC(=O)[C@]23CCC(C)(C)CC2C2=CCC4C5(C)CC[C@H](O[C@@H]6OC[C@@H](O)[C@H](O[C@@H]7OC[C@@H](O)[C@H](O)C7O)C6O[C@@H]6OC(CO)[C@H](O)[C@H](O)C6O)[C@](C)(C=O)[C@@H]5CC[C@]4(C)[C@]2(C)CC3O)[C@H](O[C@@H]2OC(C)[C@H](O[C@@H]3OC[C@@H](O)C(O)[C@H]3O)C(O)[C@@H]2O)C1O. The van der Waals surface area contributed by atoms with Gasteiger partial charge in [0.05, 0.1) is 62.8 Å². The number of amides is 1. The summed E-state index contributed by atoms with van der Waals surface area (Å²) in [5.74, 6) is -2.56. The minimum Gasteiger partial charge on any atom is -0.432 e. The summed E-state index contributed by atoms with van der Waals surface area (Å²) < 4.78 is 73.6. The number of carbonyl (C=O) groups is 3. The van der Waals surface area contributed by atoms with E-state index in [9.17, 15) is 91.3 Å². The summed E-state index contributed by atoms with van der Waals surface area (Å²) in [5, 5.41) is 181. The highest BCUT2D eigenvalue weighted by molar-refractivity contribution is 5.80. The molecule has 37 atom stereocenters. The van der Waals surface area contributed by atoms with Gasteiger partial charge in [-0.25, -0.2) is 0 Å². The summed E-state index contributed by atoms with van der Waals surface area (Å²) in [6.07, 6.45) is -30.7. The number of unbranched alkanes of at least 4 members (excludes halogenated alkanes) is 8. The van der Waals surface area contributed by atoms with Crippen LogP contribution in [0.3, 0.4) is 0 Å². The van der Waals surface area contributed by atoms with Crippen molar-refractivity contribution in [3.8, 4) is 0 Å². The van der Waals surface area contributed by atoms with Crippen molar-refractivity contribution in [3.63, 3.8) is 0 Å². The lowest BCUT2D eigenvalue weighted by Crippen LogP contribution is -2.70. The normalized spacial score (nSPS) is 49.9. The standard InChI is InChI=1S/C75H123NO31/c1-9-10-11-12-13-14-15-16-17-18-47(84)76-48-41(29-77)100-68(61(52(48)88)105-65-58(94)54(90)59(35(2)99-65)103-63-55(91)49(85)38(80)31-96-63)107-69(95)75-26-25-70(3,4)27-37(75)36-19-20-44-71(5)23-22-46(72(6,34-79)43(71)21-24-73(44,7)74(36,8)28-45(75)83)102-67-62(106-66-57(93)53(89)51(87)42(30-78)101-66)60(40(82)33-98-67)104-64-56(92)50(86)39(81)32-97-64/h19,34-35,37-46,48-68,77-78,80-83,85-94H,9-18,20-33H2,1-8H3,(H,76,84)/t35?,37?,38-,39-,40-,41?,42?,43-,44?,45?,46+,48+,49?,50+,51+,52?,53+,54?,55-,56?,57?,58+,59+,60+,61-,62?,63+,64+,65+,66+,67+,68+,71?,72-,73+,74-,75-/m1/s1. The molecule has 0 bridgehead atoms. The molecular formula is C75H123NO31. The van der Waals surface area contributed by atoms with E-state index in [1.54, 1.807) is 0 Å². The second-order valence-electron chi connectivity index (χ2n) is 34.5. The lowest BCUT2D eigenvalue weighted by molar-refractivity contribution is -0.384. The van der Waals surface area contributed by atoms with E-state index in [4.69, 9.17) is 56.8 Å². The molecule has 1 amide bonds. The van der Waals surface area contributed by atoms with Crippen LogP contribution in [-0.2, 0) is 71.2 Å². The fourth-order valence-corrected chi connectivity index (χ4v) is 20.6. The predicted molar refractivity (Wildman–Crippen MR) is 368 cm³/mol. The van der Waals surface area contributed by atoms with Crippen LogP contribution in [-0.4, -0.2) is 311 Å². The Morgan fingerprint density at radius 3 is 1.71 bits per heavy atom. The number of ether oxygens (including phenoxy) is 12. The first-order chi connectivity index (χ1) is 50.6. The van der Waals surface area contributed by atoms with Gasteiger partial charge in [0.2, 0.25) is 12.2 Å². The van der Waals surface area contributed by atoms with Crippen molar-refractivity contribution in [2.24, 2.45) is 50.2 Å². The Balaban J connectivity index is 0.848. The molecule has 0 radical (unpaired) electrons. The number of aliphatic hydroxyl groups excluding tert-OH is 16. The van der Waals surface area contributed by atoms with Gasteiger partial charge >= 0.3 is 5.97 Å². The Kier molecular flexibility index (Phi) is 27.4. The molecule has 32 nitrogen and oxygen atoms in total. The molecule has 17 N–H and O–H groups in total. The van der Waals surface area contributed by atoms with Crippen molar-refractivity contribution in [1.29, 1.82) is 0 Å². The Morgan fingerprint density at radius 2 is 1.08 bits per heavy atom. The first kappa shape index (κ1) is 85.2. The summed E-state index contributed by atoms with van der Waals surface area (Å²) in [6.45, 7) is 13.2. The molecule has 0 aromatic heterocycles. The van der Waals surface area contributed by atoms with Gasteiger partial charge in [0.1, 0.15) is 122 Å². The number of carbonyl (C=O) groups excluding carboxylic acids is 3. The predicted octanol–water partition coefficient (Wildman–Crippen LogP) is -1.25. The maximum atomic E-state index is 16.1. The van der Waals surface area contributed by atoms with Crippen LogP contribution >= 0.6 is 0 Å². The van der Waals surface area contributed by atoms with Gasteiger partial charge in [-0.2, -0.15) is 0 Å². The van der Waals surface area contributed by atoms with E-state index in [2.05, 4.69) is 52.9 Å². The molecular weight excluding hydrogens is 1410 g/mol. The third kappa shape index (κ3) is 16.3. The zero-order chi connectivity index (χ0) is 77.8. The molecule has 107 heavy (non-hydrogen) atoms. The lowest BCUT2D eigenvalue weighted by atomic mass is 9.33. The first-order valence-electron chi connectivity index (χ1n) is 39.1. The van der Waals surface area contributed by atoms with Crippen molar-refractivity contribution in [3.05, 3.63) is 11.6 Å². The topological polar surface area (TPSA) is 498 Å². The van der Waals surface area contributed by atoms with E-state index in [0.717, 1.165) is 50.4 Å². The highest BCUT2D eigenvalue weighted by Gasteiger charge is 2.73. The number of aldehydes is 1. The number of rotatable bonds is 26. The van der Waals surface area contributed by atoms with Crippen LogP contribution < -0.4 is 5.32 Å². The third-order valence-electron chi connectivity index (χ3n) is 27.3. The molecule has 10 fully saturated rings. The summed E-state index contributed by atoms with van der Waals surface area (Å²) in [7, 11) is 0. The maximum absolute atomic E-state index is 16.1. The summed E-state index contributed by atoms with van der Waals surface area (Å²) in [5.41, 5.74) is -4.40. The Morgan fingerprint density at radius 1 is 0.533 bits per heavy atom. The Labute approximate surface area is 624 Å². The van der Waals surface area contributed by atoms with E-state index in [0.29, 0.717) is 44.9 Å². The zero-order valence-corrected chi connectivity index (χ0v) is 62.9. The number of hydrogen-bond donors (Lipinski definition) is 17. The molecule has 11 rings (SSSR count). The minimum absolute atomic E-state index is 0.0684. The van der Waals surface area contributed by atoms with E-state index in [-0.39, 0.29) is 42.9 Å². The lowest BCUT2D eigenvalue weighted by Gasteiger charge is -2.71. The van der Waals surface area contributed by atoms with E-state index >= 15 is 4.79 Å². The van der Waals surface area contributed by atoms with Crippen molar-refractivity contribution in [2.75, 3.05) is 33.0 Å². The van der Waals surface area contributed by atoms with Crippen LogP contribution in [0.5, 0.6) is 0 Å². The molecule has 0 spiro atoms. The summed E-state index contributed by atoms with van der Waals surface area (Å²) in [6, 6.07) is -1.40. The Hall–Kier alpha value is -2.73. The highest BCUT2D eigenvalue weighted by atomic mass is 16.8. The second kappa shape index (κ2) is 34.4.